The number of quaternary nitrogens is 1. The number of furan rings is 1. The van der Waals surface area contributed by atoms with Crippen LogP contribution < -0.4 is 4.90 Å². The zero-order chi connectivity index (χ0) is 19.8. The number of rotatable bonds is 5. The van der Waals surface area contributed by atoms with Crippen LogP contribution in [0.4, 0.5) is 0 Å². The molecule has 0 amide bonds. The number of aryl methyl sites for hydroxylation is 2. The smallest absolute Gasteiger partial charge is 0.243 e. The molecular weight excluding hydrogens is 390 g/mol. The molecule has 0 saturated carbocycles. The zero-order valence-electron chi connectivity index (χ0n) is 16.1. The first-order chi connectivity index (χ1) is 14.1. The van der Waals surface area contributed by atoms with Crippen molar-refractivity contribution in [2.75, 3.05) is 26.2 Å². The molecule has 3 aromatic rings. The highest BCUT2D eigenvalue weighted by Crippen LogP contribution is 2.26. The highest BCUT2D eigenvalue weighted by Gasteiger charge is 2.31. The van der Waals surface area contributed by atoms with Gasteiger partial charge in [-0.05, 0) is 54.7 Å². The van der Waals surface area contributed by atoms with Crippen LogP contribution >= 0.6 is 0 Å². The fourth-order valence-corrected chi connectivity index (χ4v) is 5.76. The summed E-state index contributed by atoms with van der Waals surface area (Å²) in [7, 11) is -3.43. The maximum atomic E-state index is 13.1. The number of sulfonamides is 1. The third-order valence-electron chi connectivity index (χ3n) is 5.89. The van der Waals surface area contributed by atoms with Crippen LogP contribution in [-0.4, -0.2) is 44.1 Å². The zero-order valence-corrected chi connectivity index (χ0v) is 17.0. The van der Waals surface area contributed by atoms with Crippen molar-refractivity contribution >= 4 is 10.0 Å². The van der Waals surface area contributed by atoms with Gasteiger partial charge >= 0.3 is 0 Å². The van der Waals surface area contributed by atoms with E-state index < -0.39 is 10.0 Å². The first-order valence-corrected chi connectivity index (χ1v) is 11.5. The van der Waals surface area contributed by atoms with E-state index in [1.54, 1.807) is 16.6 Å². The van der Waals surface area contributed by atoms with Gasteiger partial charge in [0, 0.05) is 6.07 Å². The molecule has 8 heteroatoms. The maximum Gasteiger partial charge on any atom is 0.243 e. The van der Waals surface area contributed by atoms with Gasteiger partial charge in [0.05, 0.1) is 37.3 Å². The van der Waals surface area contributed by atoms with Crippen molar-refractivity contribution in [3.8, 4) is 11.5 Å². The van der Waals surface area contributed by atoms with Gasteiger partial charge in [-0.25, -0.2) is 8.42 Å². The predicted octanol–water partition coefficient (Wildman–Crippen LogP) is 1.51. The second-order valence-electron chi connectivity index (χ2n) is 7.77. The van der Waals surface area contributed by atoms with Gasteiger partial charge in [-0.15, -0.1) is 0 Å². The van der Waals surface area contributed by atoms with Crippen LogP contribution in [0.1, 0.15) is 23.2 Å². The van der Waals surface area contributed by atoms with Crippen LogP contribution in [0.3, 0.4) is 0 Å². The van der Waals surface area contributed by atoms with Crippen molar-refractivity contribution in [1.29, 1.82) is 0 Å². The molecular formula is C21H24N3O4S+. The summed E-state index contributed by atoms with van der Waals surface area (Å²) in [6.07, 6.45) is 4.75. The van der Waals surface area contributed by atoms with Gasteiger partial charge in [0.2, 0.25) is 15.8 Å². The molecule has 2 aliphatic rings. The lowest BCUT2D eigenvalue weighted by molar-refractivity contribution is -0.917. The quantitative estimate of drug-likeness (QED) is 0.685. The molecule has 0 radical (unpaired) electrons. The molecule has 0 spiro atoms. The van der Waals surface area contributed by atoms with Gasteiger partial charge in [-0.3, -0.25) is 0 Å². The minimum absolute atomic E-state index is 0.432. The largest absolute Gasteiger partial charge is 0.461 e. The molecule has 5 rings (SSSR count). The van der Waals surface area contributed by atoms with Crippen LogP contribution in [0.15, 0.2) is 56.5 Å². The summed E-state index contributed by atoms with van der Waals surface area (Å²) < 4.78 is 38.4. The molecule has 0 bridgehead atoms. The van der Waals surface area contributed by atoms with Crippen molar-refractivity contribution in [2.24, 2.45) is 0 Å². The summed E-state index contributed by atoms with van der Waals surface area (Å²) in [6.45, 7) is 3.21. The molecule has 0 atom stereocenters. The van der Waals surface area contributed by atoms with E-state index in [0.29, 0.717) is 36.1 Å². The number of fused-ring (bicyclic) bond motifs is 1. The van der Waals surface area contributed by atoms with Gasteiger partial charge in [-0.1, -0.05) is 11.2 Å². The van der Waals surface area contributed by atoms with Crippen LogP contribution in [0.25, 0.3) is 11.5 Å². The van der Waals surface area contributed by atoms with E-state index in [2.05, 4.69) is 5.16 Å². The standard InChI is InChI=1S/C21H23N3O4S/c25-29(26,19-7-6-16-3-1-4-17(16)13-19)24-10-8-23(9-11-24)15-18-14-21(28-22-18)20-5-2-12-27-20/h2,5-7,12-14H,1,3-4,8-11,15H2/p+1. The molecule has 0 unspecified atom stereocenters. The van der Waals surface area contributed by atoms with E-state index >= 15 is 0 Å². The fraction of sp³-hybridized carbons (Fsp3) is 0.381. The second kappa shape index (κ2) is 7.44. The Kier molecular flexibility index (Phi) is 4.77. The van der Waals surface area contributed by atoms with Crippen molar-refractivity contribution in [3.63, 3.8) is 0 Å². The SMILES string of the molecule is O=S(=O)(c1ccc2c(c1)CCC2)N1CC[NH+](Cc2cc(-c3ccco3)on2)CC1. The third kappa shape index (κ3) is 3.63. The normalized spacial score (nSPS) is 18.2. The minimum atomic E-state index is -3.43. The molecule has 1 aliphatic heterocycles. The summed E-state index contributed by atoms with van der Waals surface area (Å²) in [4.78, 5) is 1.73. The molecule has 29 heavy (non-hydrogen) atoms. The number of aromatic nitrogens is 1. The maximum absolute atomic E-state index is 13.1. The van der Waals surface area contributed by atoms with E-state index in [0.717, 1.165) is 38.0 Å². The van der Waals surface area contributed by atoms with Crippen molar-refractivity contribution in [3.05, 3.63) is 59.5 Å². The summed E-state index contributed by atoms with van der Waals surface area (Å²) >= 11 is 0. The molecule has 1 fully saturated rings. The van der Waals surface area contributed by atoms with Crippen LogP contribution in [0.5, 0.6) is 0 Å². The number of hydrogen-bond donors (Lipinski definition) is 1. The second-order valence-corrected chi connectivity index (χ2v) is 9.71. The van der Waals surface area contributed by atoms with Gasteiger partial charge in [0.25, 0.3) is 0 Å². The van der Waals surface area contributed by atoms with Gasteiger partial charge in [0.1, 0.15) is 12.2 Å². The highest BCUT2D eigenvalue weighted by atomic mass is 32.2. The lowest BCUT2D eigenvalue weighted by atomic mass is 10.1. The summed E-state index contributed by atoms with van der Waals surface area (Å²) in [6, 6.07) is 11.2. The van der Waals surface area contributed by atoms with Gasteiger partial charge in [-0.2, -0.15) is 4.31 Å². The molecule has 7 nitrogen and oxygen atoms in total. The molecule has 1 N–H and O–H groups in total. The number of nitrogens with one attached hydrogen (secondary N) is 1. The van der Waals surface area contributed by atoms with E-state index in [4.69, 9.17) is 8.94 Å². The minimum Gasteiger partial charge on any atom is -0.461 e. The number of piperazine rings is 1. The van der Waals surface area contributed by atoms with Crippen LogP contribution in [0, 0.1) is 0 Å². The lowest BCUT2D eigenvalue weighted by Gasteiger charge is -2.31. The molecule has 2 aromatic heterocycles. The topological polar surface area (TPSA) is 81.0 Å². The van der Waals surface area contributed by atoms with Crippen LogP contribution in [0.2, 0.25) is 0 Å². The predicted molar refractivity (Wildman–Crippen MR) is 106 cm³/mol. The van der Waals surface area contributed by atoms with E-state index in [1.165, 1.54) is 16.0 Å². The highest BCUT2D eigenvalue weighted by molar-refractivity contribution is 7.89. The van der Waals surface area contributed by atoms with Gasteiger partial charge in [0.15, 0.2) is 5.76 Å². The number of benzene rings is 1. The Bertz CT molecular complexity index is 1100. The van der Waals surface area contributed by atoms with Crippen molar-refractivity contribution < 1.29 is 22.3 Å². The summed E-state index contributed by atoms with van der Waals surface area (Å²) in [5.41, 5.74) is 3.33. The Labute approximate surface area is 169 Å². The van der Waals surface area contributed by atoms with Crippen molar-refractivity contribution in [1.82, 2.24) is 9.46 Å². The monoisotopic (exact) mass is 414 g/mol. The Balaban J connectivity index is 1.22. The fourth-order valence-electron chi connectivity index (χ4n) is 4.26. The molecule has 1 aromatic carbocycles. The Hall–Kier alpha value is -2.42. The Morgan fingerprint density at radius 3 is 2.66 bits per heavy atom. The molecule has 1 aliphatic carbocycles. The Morgan fingerprint density at radius 1 is 1.03 bits per heavy atom. The summed E-state index contributed by atoms with van der Waals surface area (Å²) in [5, 5.41) is 4.13. The molecule has 1 saturated heterocycles. The third-order valence-corrected chi connectivity index (χ3v) is 7.79. The first-order valence-electron chi connectivity index (χ1n) is 10.0. The van der Waals surface area contributed by atoms with Crippen molar-refractivity contribution in [2.45, 2.75) is 30.7 Å². The molecule has 3 heterocycles. The number of hydrogen-bond acceptors (Lipinski definition) is 5. The number of nitrogens with zero attached hydrogens (tertiary/aromatic N) is 2. The Morgan fingerprint density at radius 2 is 1.86 bits per heavy atom. The average Bonchev–Trinajstić information content (AvgIpc) is 3.48. The summed E-state index contributed by atoms with van der Waals surface area (Å²) in [5.74, 6) is 1.27. The lowest BCUT2D eigenvalue weighted by Crippen LogP contribution is -3.13. The van der Waals surface area contributed by atoms with E-state index in [9.17, 15) is 8.42 Å². The van der Waals surface area contributed by atoms with E-state index in [-0.39, 0.29) is 0 Å². The van der Waals surface area contributed by atoms with E-state index in [1.807, 2.05) is 30.3 Å². The first kappa shape index (κ1) is 18.6. The molecule has 152 valence electrons. The average molecular weight is 415 g/mol. The van der Waals surface area contributed by atoms with Crippen LogP contribution in [-0.2, 0) is 29.4 Å². The van der Waals surface area contributed by atoms with Gasteiger partial charge < -0.3 is 13.8 Å².